The predicted octanol–water partition coefficient (Wildman–Crippen LogP) is 4.84. The van der Waals surface area contributed by atoms with Crippen LogP contribution in [-0.2, 0) is 4.74 Å². The summed E-state index contributed by atoms with van der Waals surface area (Å²) >= 11 is 0. The Balaban J connectivity index is 6.33. The third-order valence-electron chi connectivity index (χ3n) is 2.07. The molecule has 0 N–H and O–H groups in total. The van der Waals surface area contributed by atoms with Crippen LogP contribution in [-0.4, -0.2) is 37.2 Å². The molecule has 14 heteroatoms. The van der Waals surface area contributed by atoms with Gasteiger partial charge in [-0.1, -0.05) is 0 Å². The van der Waals surface area contributed by atoms with Crippen molar-refractivity contribution in [3.8, 4) is 0 Å². The van der Waals surface area contributed by atoms with E-state index in [0.717, 1.165) is 0 Å². The topological polar surface area (TPSA) is 9.23 Å². The maximum Gasteiger partial charge on any atom is 0.461 e. The molecule has 0 radical (unpaired) electrons. The molecule has 0 saturated carbocycles. The number of hydrogen-bond donors (Lipinski definition) is 0. The first kappa shape index (κ1) is 20.6. The van der Waals surface area contributed by atoms with Gasteiger partial charge in [-0.3, -0.25) is 0 Å². The van der Waals surface area contributed by atoms with Crippen LogP contribution in [0.3, 0.4) is 0 Å². The zero-order chi connectivity index (χ0) is 18.4. The minimum Gasteiger partial charge on any atom is -0.492 e. The zero-order valence-electron chi connectivity index (χ0n) is 9.82. The number of ether oxygens (including phenoxy) is 1. The summed E-state index contributed by atoms with van der Waals surface area (Å²) in [6, 6.07) is 0. The Labute approximate surface area is 112 Å². The molecule has 0 amide bonds. The van der Waals surface area contributed by atoms with Gasteiger partial charge in [0.2, 0.25) is 11.6 Å². The van der Waals surface area contributed by atoms with Gasteiger partial charge in [0.25, 0.3) is 0 Å². The van der Waals surface area contributed by atoms with Crippen molar-refractivity contribution in [2.75, 3.05) is 7.11 Å². The van der Waals surface area contributed by atoms with Gasteiger partial charge in [-0.25, -0.2) is 4.39 Å². The van der Waals surface area contributed by atoms with Crippen LogP contribution in [0.1, 0.15) is 0 Å². The smallest absolute Gasteiger partial charge is 0.461 e. The number of rotatable bonds is 4. The molecule has 0 unspecified atom stereocenters. The minimum atomic E-state index is -7.27. The fourth-order valence-corrected chi connectivity index (χ4v) is 0.943. The second kappa shape index (κ2) is 5.37. The Morgan fingerprint density at radius 3 is 1.23 bits per heavy atom. The lowest BCUT2D eigenvalue weighted by Crippen LogP contribution is -2.53. The Morgan fingerprint density at radius 1 is 0.636 bits per heavy atom. The van der Waals surface area contributed by atoms with E-state index in [1.807, 2.05) is 0 Å². The highest BCUT2D eigenvalue weighted by Gasteiger charge is 2.77. The SMILES string of the molecule is CO/C(=C(/F)C(F)(F)C(F)(F)C(F)(F)F)C(F)(F)C(F)(F)F. The molecule has 0 aromatic rings. The first-order valence-corrected chi connectivity index (χ1v) is 4.57. The van der Waals surface area contributed by atoms with Crippen LogP contribution in [0.2, 0.25) is 0 Å². The lowest BCUT2D eigenvalue weighted by atomic mass is 10.1. The molecule has 0 aromatic carbocycles. The minimum absolute atomic E-state index is 0.254. The van der Waals surface area contributed by atoms with Crippen LogP contribution < -0.4 is 0 Å². The maximum absolute atomic E-state index is 12.9. The molecule has 0 atom stereocenters. The van der Waals surface area contributed by atoms with E-state index in [1.165, 1.54) is 0 Å². The van der Waals surface area contributed by atoms with Crippen LogP contribution >= 0.6 is 0 Å². The average Bonchev–Trinajstić information content (AvgIpc) is 2.25. The molecule has 0 aliphatic heterocycles. The van der Waals surface area contributed by atoms with E-state index in [0.29, 0.717) is 0 Å². The zero-order valence-corrected chi connectivity index (χ0v) is 9.82. The van der Waals surface area contributed by atoms with Crippen LogP contribution in [0.5, 0.6) is 0 Å². The summed E-state index contributed by atoms with van der Waals surface area (Å²) < 4.78 is 162. The fourth-order valence-electron chi connectivity index (χ4n) is 0.943. The van der Waals surface area contributed by atoms with Crippen molar-refractivity contribution in [1.29, 1.82) is 0 Å². The van der Waals surface area contributed by atoms with E-state index in [4.69, 9.17) is 0 Å². The Hall–Kier alpha value is -1.37. The summed E-state index contributed by atoms with van der Waals surface area (Å²) in [5.41, 5.74) is 0. The van der Waals surface area contributed by atoms with Crippen LogP contribution in [0.15, 0.2) is 11.6 Å². The van der Waals surface area contributed by atoms with Crippen molar-refractivity contribution in [1.82, 2.24) is 0 Å². The van der Waals surface area contributed by atoms with E-state index < -0.39 is 41.7 Å². The van der Waals surface area contributed by atoms with E-state index in [9.17, 15) is 57.1 Å². The summed E-state index contributed by atoms with van der Waals surface area (Å²) in [6.45, 7) is 0. The summed E-state index contributed by atoms with van der Waals surface area (Å²) in [7, 11) is -0.254. The number of allylic oxidation sites excluding steroid dienone is 2. The molecule has 0 aliphatic rings. The quantitative estimate of drug-likeness (QED) is 0.514. The molecule has 0 heterocycles. The predicted molar refractivity (Wildman–Crippen MR) is 42.1 cm³/mol. The molecule has 0 rings (SSSR count). The monoisotopic (exact) mass is 362 g/mol. The summed E-state index contributed by atoms with van der Waals surface area (Å²) in [5.74, 6) is -29.0. The second-order valence-electron chi connectivity index (χ2n) is 3.57. The van der Waals surface area contributed by atoms with E-state index in [-0.39, 0.29) is 7.11 Å². The van der Waals surface area contributed by atoms with Gasteiger partial charge in [0.05, 0.1) is 7.11 Å². The van der Waals surface area contributed by atoms with Gasteiger partial charge in [0.15, 0.2) is 0 Å². The Bertz CT molecular complexity index is 440. The van der Waals surface area contributed by atoms with Gasteiger partial charge >= 0.3 is 30.1 Å². The highest BCUT2D eigenvalue weighted by atomic mass is 19.4. The number of methoxy groups -OCH3 is 1. The first-order chi connectivity index (χ1) is 9.35. The second-order valence-corrected chi connectivity index (χ2v) is 3.57. The third-order valence-corrected chi connectivity index (χ3v) is 2.07. The number of hydrogen-bond acceptors (Lipinski definition) is 1. The largest absolute Gasteiger partial charge is 0.492 e. The number of alkyl halides is 12. The van der Waals surface area contributed by atoms with E-state index in [2.05, 4.69) is 4.74 Å². The van der Waals surface area contributed by atoms with Gasteiger partial charge in [-0.15, -0.1) is 0 Å². The lowest BCUT2D eigenvalue weighted by molar-refractivity contribution is -0.349. The third kappa shape index (κ3) is 3.04. The molecule has 22 heavy (non-hydrogen) atoms. The van der Waals surface area contributed by atoms with Crippen molar-refractivity contribution in [2.24, 2.45) is 0 Å². The van der Waals surface area contributed by atoms with Crippen molar-refractivity contribution >= 4 is 0 Å². The van der Waals surface area contributed by atoms with Crippen molar-refractivity contribution in [3.05, 3.63) is 11.6 Å². The Morgan fingerprint density at radius 2 is 1.00 bits per heavy atom. The highest BCUT2D eigenvalue weighted by Crippen LogP contribution is 2.53. The average molecular weight is 362 g/mol. The molecule has 0 spiro atoms. The molecule has 0 saturated heterocycles. The first-order valence-electron chi connectivity index (χ1n) is 4.57. The maximum atomic E-state index is 12.9. The molecule has 0 aromatic heterocycles. The normalized spacial score (nSPS) is 16.5. The molecule has 1 nitrogen and oxygen atoms in total. The molecule has 132 valence electrons. The molecule has 0 fully saturated rings. The van der Waals surface area contributed by atoms with Crippen molar-refractivity contribution in [3.63, 3.8) is 0 Å². The van der Waals surface area contributed by atoms with Gasteiger partial charge in [0, 0.05) is 0 Å². The van der Waals surface area contributed by atoms with Gasteiger partial charge in [-0.2, -0.15) is 52.7 Å². The molecular formula is C8H3F13O. The Kier molecular flexibility index (Phi) is 5.03. The highest BCUT2D eigenvalue weighted by molar-refractivity contribution is 5.22. The number of halogens is 13. The summed E-state index contributed by atoms with van der Waals surface area (Å²) in [4.78, 5) is 0. The summed E-state index contributed by atoms with van der Waals surface area (Å²) in [5, 5.41) is 0. The van der Waals surface area contributed by atoms with Crippen molar-refractivity contribution < 1.29 is 61.8 Å². The van der Waals surface area contributed by atoms with Crippen molar-refractivity contribution in [2.45, 2.75) is 30.1 Å². The molecule has 0 bridgehead atoms. The fraction of sp³-hybridized carbons (Fsp3) is 0.750. The van der Waals surface area contributed by atoms with Crippen LogP contribution in [0.4, 0.5) is 57.1 Å². The lowest BCUT2D eigenvalue weighted by Gasteiger charge is -2.29. The van der Waals surface area contributed by atoms with E-state index >= 15 is 0 Å². The summed E-state index contributed by atoms with van der Waals surface area (Å²) in [6.07, 6.45) is -13.9. The van der Waals surface area contributed by atoms with E-state index in [1.54, 1.807) is 0 Å². The van der Waals surface area contributed by atoms with Gasteiger partial charge in [0.1, 0.15) is 0 Å². The van der Waals surface area contributed by atoms with Crippen LogP contribution in [0.25, 0.3) is 0 Å². The molecule has 0 aliphatic carbocycles. The van der Waals surface area contributed by atoms with Crippen LogP contribution in [0, 0.1) is 0 Å². The standard InChI is InChI=1S/C8H3F13O/c1-22-3(5(12,13)7(16,17)18)2(9)4(10,11)6(14,15)8(19,20)21/h1H3/b3-2+. The molecular weight excluding hydrogens is 359 g/mol. The van der Waals surface area contributed by atoms with Gasteiger partial charge in [-0.05, 0) is 0 Å². The van der Waals surface area contributed by atoms with Gasteiger partial charge < -0.3 is 4.74 Å².